The van der Waals surface area contributed by atoms with E-state index in [1.165, 1.54) is 6.07 Å². The third kappa shape index (κ3) is 2.87. The molecule has 2 rings (SSSR count). The number of likely N-dealkylation sites (tertiary alicyclic amines) is 1. The number of hydrogen-bond donors (Lipinski definition) is 1. The molecular weight excluding hydrogens is 260 g/mol. The number of hydrogen-bond acceptors (Lipinski definition) is 5. The number of aromatic nitrogens is 1. The third-order valence-corrected chi connectivity index (χ3v) is 3.82. The molecule has 7 nitrogen and oxygen atoms in total. The van der Waals surface area contributed by atoms with E-state index < -0.39 is 4.92 Å². The lowest BCUT2D eigenvalue weighted by Crippen LogP contribution is -2.38. The Morgan fingerprint density at radius 1 is 1.55 bits per heavy atom. The zero-order chi connectivity index (χ0) is 14.7. The van der Waals surface area contributed by atoms with E-state index in [1.54, 1.807) is 4.90 Å². The van der Waals surface area contributed by atoms with Gasteiger partial charge in [0.1, 0.15) is 12.0 Å². The summed E-state index contributed by atoms with van der Waals surface area (Å²) in [6.45, 7) is 3.48. The number of nitrogens with two attached hydrogens (primary N) is 1. The van der Waals surface area contributed by atoms with E-state index in [1.807, 2.05) is 0 Å². The Kier molecular flexibility index (Phi) is 4.16. The van der Waals surface area contributed by atoms with Crippen LogP contribution in [0.25, 0.3) is 0 Å². The Morgan fingerprint density at radius 3 is 2.75 bits per heavy atom. The van der Waals surface area contributed by atoms with Crippen LogP contribution in [0, 0.1) is 16.0 Å². The van der Waals surface area contributed by atoms with Gasteiger partial charge in [0.05, 0.1) is 10.5 Å². The summed E-state index contributed by atoms with van der Waals surface area (Å²) in [5.41, 5.74) is 5.57. The van der Waals surface area contributed by atoms with E-state index in [9.17, 15) is 14.9 Å². The second-order valence-electron chi connectivity index (χ2n) is 5.03. The third-order valence-electron chi connectivity index (χ3n) is 3.82. The Hall–Kier alpha value is -2.18. The van der Waals surface area contributed by atoms with Crippen molar-refractivity contribution in [2.24, 2.45) is 5.92 Å². The predicted molar refractivity (Wildman–Crippen MR) is 74.2 cm³/mol. The molecule has 1 fully saturated rings. The highest BCUT2D eigenvalue weighted by Gasteiger charge is 2.25. The average Bonchev–Trinajstić information content (AvgIpc) is 2.47. The minimum atomic E-state index is -0.577. The van der Waals surface area contributed by atoms with Crippen LogP contribution in [0.4, 0.5) is 11.5 Å². The fourth-order valence-corrected chi connectivity index (χ4v) is 2.45. The predicted octanol–water partition coefficient (Wildman–Crippen LogP) is 1.83. The first-order valence-corrected chi connectivity index (χ1v) is 6.72. The summed E-state index contributed by atoms with van der Waals surface area (Å²) in [5, 5.41) is 10.7. The van der Waals surface area contributed by atoms with Crippen LogP contribution in [0.5, 0.6) is 0 Å². The van der Waals surface area contributed by atoms with Crippen LogP contribution in [-0.4, -0.2) is 33.8 Å². The van der Waals surface area contributed by atoms with E-state index in [-0.39, 0.29) is 23.0 Å². The number of nitrogens with zero attached hydrogens (tertiary/aromatic N) is 3. The second kappa shape index (κ2) is 5.85. The minimum absolute atomic E-state index is 0.0400. The quantitative estimate of drug-likeness (QED) is 0.671. The molecule has 2 heterocycles. The Morgan fingerprint density at radius 2 is 2.20 bits per heavy atom. The molecule has 20 heavy (non-hydrogen) atoms. The molecule has 1 amide bonds. The summed E-state index contributed by atoms with van der Waals surface area (Å²) in [4.78, 5) is 28.0. The van der Waals surface area contributed by atoms with E-state index in [0.29, 0.717) is 19.0 Å². The number of pyridine rings is 1. The molecule has 0 saturated carbocycles. The molecule has 1 aliphatic rings. The van der Waals surface area contributed by atoms with Crippen molar-refractivity contribution in [2.75, 3.05) is 18.8 Å². The maximum Gasteiger partial charge on any atom is 0.288 e. The standard InChI is InChI=1S/C13H18N4O3/c1-2-9-3-5-16(6-4-9)13(18)11-7-10(17(19)20)8-15-12(11)14/h7-9H,2-6H2,1H3,(H2,14,15). The lowest BCUT2D eigenvalue weighted by molar-refractivity contribution is -0.385. The average molecular weight is 278 g/mol. The maximum atomic E-state index is 12.4. The van der Waals surface area contributed by atoms with Gasteiger partial charge in [0.25, 0.3) is 11.6 Å². The van der Waals surface area contributed by atoms with Gasteiger partial charge in [-0.1, -0.05) is 13.3 Å². The first-order chi connectivity index (χ1) is 9.52. The number of anilines is 1. The van der Waals surface area contributed by atoms with Crippen LogP contribution in [0.15, 0.2) is 12.3 Å². The van der Waals surface area contributed by atoms with Crippen molar-refractivity contribution in [1.82, 2.24) is 9.88 Å². The summed E-state index contributed by atoms with van der Waals surface area (Å²) >= 11 is 0. The Bertz CT molecular complexity index is 524. The van der Waals surface area contributed by atoms with Crippen LogP contribution >= 0.6 is 0 Å². The number of nitro groups is 1. The van der Waals surface area contributed by atoms with Crippen molar-refractivity contribution in [2.45, 2.75) is 26.2 Å². The minimum Gasteiger partial charge on any atom is -0.383 e. The van der Waals surface area contributed by atoms with Crippen molar-refractivity contribution in [3.63, 3.8) is 0 Å². The van der Waals surface area contributed by atoms with Crippen LogP contribution in [0.2, 0.25) is 0 Å². The number of amides is 1. The molecule has 0 spiro atoms. The van der Waals surface area contributed by atoms with Crippen molar-refractivity contribution in [3.8, 4) is 0 Å². The van der Waals surface area contributed by atoms with Gasteiger partial charge >= 0.3 is 0 Å². The zero-order valence-corrected chi connectivity index (χ0v) is 11.4. The van der Waals surface area contributed by atoms with E-state index in [4.69, 9.17) is 5.73 Å². The van der Waals surface area contributed by atoms with Crippen molar-refractivity contribution >= 4 is 17.4 Å². The van der Waals surface area contributed by atoms with Gasteiger partial charge in [-0.3, -0.25) is 14.9 Å². The summed E-state index contributed by atoms with van der Waals surface area (Å²) in [7, 11) is 0. The molecule has 1 saturated heterocycles. The largest absolute Gasteiger partial charge is 0.383 e. The van der Waals surface area contributed by atoms with Crippen LogP contribution in [-0.2, 0) is 0 Å². The molecule has 0 atom stereocenters. The molecule has 0 aliphatic carbocycles. The first kappa shape index (κ1) is 14.2. The summed E-state index contributed by atoms with van der Waals surface area (Å²) in [6.07, 6.45) is 4.10. The van der Waals surface area contributed by atoms with Crippen LogP contribution in [0.1, 0.15) is 36.5 Å². The highest BCUT2D eigenvalue weighted by atomic mass is 16.6. The lowest BCUT2D eigenvalue weighted by Gasteiger charge is -2.31. The molecule has 0 aromatic carbocycles. The summed E-state index contributed by atoms with van der Waals surface area (Å²) in [6, 6.07) is 1.20. The van der Waals surface area contributed by atoms with Gasteiger partial charge in [0, 0.05) is 19.2 Å². The number of carbonyl (C=O) groups excluding carboxylic acids is 1. The first-order valence-electron chi connectivity index (χ1n) is 6.72. The smallest absolute Gasteiger partial charge is 0.288 e. The van der Waals surface area contributed by atoms with Gasteiger partial charge in [-0.15, -0.1) is 0 Å². The maximum absolute atomic E-state index is 12.4. The fourth-order valence-electron chi connectivity index (χ4n) is 2.45. The topological polar surface area (TPSA) is 102 Å². The van der Waals surface area contributed by atoms with E-state index in [2.05, 4.69) is 11.9 Å². The monoisotopic (exact) mass is 278 g/mol. The highest BCUT2D eigenvalue weighted by Crippen LogP contribution is 2.24. The summed E-state index contributed by atoms with van der Waals surface area (Å²) in [5.74, 6) is 0.422. The van der Waals surface area contributed by atoms with Crippen molar-refractivity contribution in [1.29, 1.82) is 0 Å². The Labute approximate surface area is 116 Å². The van der Waals surface area contributed by atoms with Crippen molar-refractivity contribution < 1.29 is 9.72 Å². The second-order valence-corrected chi connectivity index (χ2v) is 5.03. The number of nitrogen functional groups attached to an aromatic ring is 1. The van der Waals surface area contributed by atoms with Gasteiger partial charge in [0.15, 0.2) is 0 Å². The van der Waals surface area contributed by atoms with E-state index in [0.717, 1.165) is 25.5 Å². The van der Waals surface area contributed by atoms with Crippen LogP contribution in [0.3, 0.4) is 0 Å². The van der Waals surface area contributed by atoms with Gasteiger partial charge in [-0.25, -0.2) is 4.98 Å². The molecular formula is C13H18N4O3. The van der Waals surface area contributed by atoms with Gasteiger partial charge < -0.3 is 10.6 Å². The molecule has 0 radical (unpaired) electrons. The Balaban J connectivity index is 2.17. The van der Waals surface area contributed by atoms with Crippen LogP contribution < -0.4 is 5.73 Å². The molecule has 2 N–H and O–H groups in total. The number of carbonyl (C=O) groups is 1. The molecule has 0 unspecified atom stereocenters. The fraction of sp³-hybridized carbons (Fsp3) is 0.538. The van der Waals surface area contributed by atoms with E-state index >= 15 is 0 Å². The van der Waals surface area contributed by atoms with Crippen molar-refractivity contribution in [3.05, 3.63) is 27.9 Å². The van der Waals surface area contributed by atoms with Gasteiger partial charge in [-0.2, -0.15) is 0 Å². The molecule has 1 aromatic heterocycles. The molecule has 1 aliphatic heterocycles. The highest BCUT2D eigenvalue weighted by molar-refractivity contribution is 5.98. The molecule has 108 valence electrons. The zero-order valence-electron chi connectivity index (χ0n) is 11.4. The molecule has 1 aromatic rings. The summed E-state index contributed by atoms with van der Waals surface area (Å²) < 4.78 is 0. The SMILES string of the molecule is CCC1CCN(C(=O)c2cc([N+](=O)[O-])cnc2N)CC1. The molecule has 7 heteroatoms. The lowest BCUT2D eigenvalue weighted by atomic mass is 9.94. The molecule has 0 bridgehead atoms. The number of piperidine rings is 1. The normalized spacial score (nSPS) is 16.1. The van der Waals surface area contributed by atoms with Gasteiger partial charge in [0.2, 0.25) is 0 Å². The van der Waals surface area contributed by atoms with Gasteiger partial charge in [-0.05, 0) is 18.8 Å². The number of rotatable bonds is 3.